The Hall–Kier alpha value is -2.34. The van der Waals surface area contributed by atoms with Gasteiger partial charge in [-0.25, -0.2) is 0 Å². The van der Waals surface area contributed by atoms with Gasteiger partial charge in [-0.05, 0) is 17.4 Å². The Kier molecular flexibility index (Phi) is 8.47. The van der Waals surface area contributed by atoms with Crippen LogP contribution in [-0.4, -0.2) is 48.3 Å². The number of nitrogens with zero attached hydrogens (tertiary/aromatic N) is 2. The number of nitrogens with one attached hydrogen (secondary N) is 1. The highest BCUT2D eigenvalue weighted by Crippen LogP contribution is 2.35. The van der Waals surface area contributed by atoms with E-state index in [1.165, 1.54) is 0 Å². The van der Waals surface area contributed by atoms with Gasteiger partial charge in [0.25, 0.3) is 5.91 Å². The Bertz CT molecular complexity index is 738. The molecule has 30 heavy (non-hydrogen) atoms. The second-order valence-electron chi connectivity index (χ2n) is 9.29. The van der Waals surface area contributed by atoms with Crippen LogP contribution >= 0.6 is 0 Å². The monoisotopic (exact) mass is 415 g/mol. The van der Waals surface area contributed by atoms with Crippen LogP contribution in [0.1, 0.15) is 52.5 Å². The summed E-state index contributed by atoms with van der Waals surface area (Å²) in [5.74, 6) is -0.0354. The van der Waals surface area contributed by atoms with Crippen molar-refractivity contribution in [1.82, 2.24) is 15.3 Å². The number of hydrogen-bond donors (Lipinski definition) is 1. The van der Waals surface area contributed by atoms with Crippen LogP contribution in [0.2, 0.25) is 0 Å². The fraction of sp³-hybridized carbons (Fsp3) is 0.583. The lowest BCUT2D eigenvalue weighted by Crippen LogP contribution is -2.54. The standard InChI is InChI=1S/C24H37N3O3/c1-7-8-14-19-16-27(21(24(2,3)4)23(29)26(5)6)22(28)20(19)15-25-30-17-18-12-10-9-11-13-18/h9-13,15,19,21,25H,7-8,14,16-17H2,1-6H3/t19-,21+/m0/s1. The summed E-state index contributed by atoms with van der Waals surface area (Å²) in [7, 11) is 3.48. The van der Waals surface area contributed by atoms with E-state index >= 15 is 0 Å². The van der Waals surface area contributed by atoms with Gasteiger partial charge < -0.3 is 9.80 Å². The van der Waals surface area contributed by atoms with Crippen molar-refractivity contribution < 1.29 is 14.4 Å². The minimum atomic E-state index is -0.500. The number of amides is 2. The predicted molar refractivity (Wildman–Crippen MR) is 119 cm³/mol. The minimum absolute atomic E-state index is 0.0420. The molecule has 1 aromatic rings. The fourth-order valence-corrected chi connectivity index (χ4v) is 3.88. The van der Waals surface area contributed by atoms with E-state index in [9.17, 15) is 9.59 Å². The topological polar surface area (TPSA) is 61.9 Å². The normalized spacial score (nSPS) is 19.3. The molecule has 0 bridgehead atoms. The molecule has 1 aliphatic rings. The number of likely N-dealkylation sites (tertiary alicyclic amines) is 1. The molecular formula is C24H37N3O3. The molecule has 1 aliphatic heterocycles. The van der Waals surface area contributed by atoms with Crippen molar-refractivity contribution in [2.75, 3.05) is 20.6 Å². The van der Waals surface area contributed by atoms with Crippen molar-refractivity contribution in [2.24, 2.45) is 11.3 Å². The van der Waals surface area contributed by atoms with Crippen LogP contribution in [0.5, 0.6) is 0 Å². The molecule has 0 saturated carbocycles. The summed E-state index contributed by atoms with van der Waals surface area (Å²) in [5.41, 5.74) is 4.24. The van der Waals surface area contributed by atoms with Gasteiger partial charge in [-0.15, -0.1) is 0 Å². The summed E-state index contributed by atoms with van der Waals surface area (Å²) >= 11 is 0. The zero-order valence-electron chi connectivity index (χ0n) is 19.3. The lowest BCUT2D eigenvalue weighted by Gasteiger charge is -2.38. The predicted octanol–water partition coefficient (Wildman–Crippen LogP) is 3.74. The van der Waals surface area contributed by atoms with Gasteiger partial charge in [0.2, 0.25) is 5.91 Å². The van der Waals surface area contributed by atoms with Crippen molar-refractivity contribution in [1.29, 1.82) is 0 Å². The average molecular weight is 416 g/mol. The third kappa shape index (κ3) is 6.08. The Morgan fingerprint density at radius 2 is 1.97 bits per heavy atom. The quantitative estimate of drug-likeness (QED) is 0.379. The van der Waals surface area contributed by atoms with Crippen LogP contribution in [0.4, 0.5) is 0 Å². The van der Waals surface area contributed by atoms with Crippen molar-refractivity contribution in [2.45, 2.75) is 59.6 Å². The maximum Gasteiger partial charge on any atom is 0.252 e. The van der Waals surface area contributed by atoms with E-state index in [1.807, 2.05) is 51.1 Å². The van der Waals surface area contributed by atoms with Gasteiger partial charge in [0, 0.05) is 38.3 Å². The molecule has 0 radical (unpaired) electrons. The largest absolute Gasteiger partial charge is 0.347 e. The molecular weight excluding hydrogens is 378 g/mol. The zero-order chi connectivity index (χ0) is 22.3. The number of benzene rings is 1. The first-order chi connectivity index (χ1) is 14.2. The highest BCUT2D eigenvalue weighted by Gasteiger charge is 2.46. The van der Waals surface area contributed by atoms with E-state index in [0.29, 0.717) is 18.7 Å². The van der Waals surface area contributed by atoms with Gasteiger partial charge in [-0.2, -0.15) is 0 Å². The highest BCUT2D eigenvalue weighted by atomic mass is 16.6. The fourth-order valence-electron chi connectivity index (χ4n) is 3.88. The van der Waals surface area contributed by atoms with Gasteiger partial charge in [-0.1, -0.05) is 70.9 Å². The van der Waals surface area contributed by atoms with Crippen LogP contribution in [0, 0.1) is 11.3 Å². The van der Waals surface area contributed by atoms with Gasteiger partial charge >= 0.3 is 0 Å². The Labute approximate surface area is 181 Å². The third-order valence-corrected chi connectivity index (χ3v) is 5.46. The number of likely N-dealkylation sites (N-methyl/N-ethyl adjacent to an activating group) is 1. The molecule has 166 valence electrons. The lowest BCUT2D eigenvalue weighted by atomic mass is 9.84. The molecule has 6 nitrogen and oxygen atoms in total. The molecule has 0 aliphatic carbocycles. The molecule has 1 N–H and O–H groups in total. The molecule has 1 aromatic carbocycles. The number of hydroxylamine groups is 1. The SMILES string of the molecule is CCCC[C@H]1CN([C@H](C(=O)N(C)C)C(C)(C)C)C(=O)C1=CNOCc1ccccc1. The summed E-state index contributed by atoms with van der Waals surface area (Å²) in [4.78, 5) is 35.2. The van der Waals surface area contributed by atoms with Gasteiger partial charge in [-0.3, -0.25) is 19.9 Å². The number of carbonyl (C=O) groups is 2. The van der Waals surface area contributed by atoms with E-state index in [0.717, 1.165) is 24.8 Å². The lowest BCUT2D eigenvalue weighted by molar-refractivity contribution is -0.145. The van der Waals surface area contributed by atoms with Gasteiger partial charge in [0.15, 0.2) is 0 Å². The van der Waals surface area contributed by atoms with E-state index < -0.39 is 6.04 Å². The van der Waals surface area contributed by atoms with Crippen LogP contribution in [0.3, 0.4) is 0 Å². The molecule has 2 rings (SSSR count). The van der Waals surface area contributed by atoms with Crippen LogP contribution in [0.15, 0.2) is 42.1 Å². The second kappa shape index (κ2) is 10.6. The Morgan fingerprint density at radius 3 is 2.53 bits per heavy atom. The van der Waals surface area contributed by atoms with Crippen LogP contribution in [0.25, 0.3) is 0 Å². The Balaban J connectivity index is 2.18. The van der Waals surface area contributed by atoms with Gasteiger partial charge in [0.1, 0.15) is 6.04 Å². The number of unbranched alkanes of at least 4 members (excludes halogenated alkanes) is 1. The maximum absolute atomic E-state index is 13.3. The molecule has 0 unspecified atom stereocenters. The molecule has 0 spiro atoms. The van der Waals surface area contributed by atoms with Crippen LogP contribution in [-0.2, 0) is 21.0 Å². The number of hydrogen-bond acceptors (Lipinski definition) is 4. The maximum atomic E-state index is 13.3. The van der Waals surface area contributed by atoms with Gasteiger partial charge in [0.05, 0.1) is 6.61 Å². The summed E-state index contributed by atoms with van der Waals surface area (Å²) in [5, 5.41) is 0. The van der Waals surface area contributed by atoms with E-state index in [2.05, 4.69) is 12.4 Å². The summed E-state index contributed by atoms with van der Waals surface area (Å²) in [6.45, 7) is 9.15. The van der Waals surface area contributed by atoms with E-state index in [-0.39, 0.29) is 23.1 Å². The number of carbonyl (C=O) groups excluding carboxylic acids is 2. The van der Waals surface area contributed by atoms with E-state index in [1.54, 1.807) is 30.1 Å². The minimum Gasteiger partial charge on any atom is -0.347 e. The first-order valence-corrected chi connectivity index (χ1v) is 10.8. The number of rotatable bonds is 9. The van der Waals surface area contributed by atoms with Crippen molar-refractivity contribution in [3.8, 4) is 0 Å². The van der Waals surface area contributed by atoms with Crippen molar-refractivity contribution >= 4 is 11.8 Å². The van der Waals surface area contributed by atoms with E-state index in [4.69, 9.17) is 4.84 Å². The zero-order valence-corrected chi connectivity index (χ0v) is 19.3. The average Bonchev–Trinajstić information content (AvgIpc) is 2.98. The molecule has 1 saturated heterocycles. The summed E-state index contributed by atoms with van der Waals surface area (Å²) in [6.07, 6.45) is 4.70. The second-order valence-corrected chi connectivity index (χ2v) is 9.29. The molecule has 1 heterocycles. The summed E-state index contributed by atoms with van der Waals surface area (Å²) < 4.78 is 0. The first-order valence-electron chi connectivity index (χ1n) is 10.8. The van der Waals surface area contributed by atoms with Crippen LogP contribution < -0.4 is 5.48 Å². The van der Waals surface area contributed by atoms with Crippen molar-refractivity contribution in [3.63, 3.8) is 0 Å². The smallest absolute Gasteiger partial charge is 0.252 e. The summed E-state index contributed by atoms with van der Waals surface area (Å²) in [6, 6.07) is 9.36. The molecule has 1 fully saturated rings. The third-order valence-electron chi connectivity index (χ3n) is 5.46. The molecule has 0 aromatic heterocycles. The molecule has 2 amide bonds. The first kappa shape index (κ1) is 23.9. The highest BCUT2D eigenvalue weighted by molar-refractivity contribution is 5.99. The molecule has 6 heteroatoms. The molecule has 2 atom stereocenters. The van der Waals surface area contributed by atoms with Crippen molar-refractivity contribution in [3.05, 3.63) is 47.7 Å². The Morgan fingerprint density at radius 1 is 1.30 bits per heavy atom.